The largest absolute Gasteiger partial charge is 0.379 e. The summed E-state index contributed by atoms with van der Waals surface area (Å²) >= 11 is 0. The number of amides is 1. The van der Waals surface area contributed by atoms with Gasteiger partial charge in [0.25, 0.3) is 5.69 Å². The fourth-order valence-electron chi connectivity index (χ4n) is 2.36. The highest BCUT2D eigenvalue weighted by molar-refractivity contribution is 5.79. The molecule has 1 aliphatic rings. The second-order valence-corrected chi connectivity index (χ2v) is 4.92. The van der Waals surface area contributed by atoms with Crippen LogP contribution in [-0.4, -0.2) is 41.7 Å². The van der Waals surface area contributed by atoms with Crippen molar-refractivity contribution in [3.05, 3.63) is 33.9 Å². The summed E-state index contributed by atoms with van der Waals surface area (Å²) in [6.45, 7) is 1.99. The van der Waals surface area contributed by atoms with Crippen LogP contribution in [0, 0.1) is 10.1 Å². The summed E-state index contributed by atoms with van der Waals surface area (Å²) in [6.07, 6.45) is 2.82. The molecule has 0 saturated carbocycles. The fourth-order valence-corrected chi connectivity index (χ4v) is 2.36. The molecular weight excluding hydrogens is 274 g/mol. The number of nitrogens with one attached hydrogen (secondary N) is 1. The van der Waals surface area contributed by atoms with Crippen LogP contribution in [0.25, 0.3) is 0 Å². The van der Waals surface area contributed by atoms with E-state index in [9.17, 15) is 19.7 Å². The third-order valence-electron chi connectivity index (χ3n) is 3.45. The molecule has 1 heterocycles. The number of carbonyl (C=O) groups is 2. The van der Waals surface area contributed by atoms with Crippen LogP contribution in [0.5, 0.6) is 0 Å². The summed E-state index contributed by atoms with van der Waals surface area (Å²) < 4.78 is 0. The Balaban J connectivity index is 1.89. The van der Waals surface area contributed by atoms with E-state index in [2.05, 4.69) is 5.32 Å². The van der Waals surface area contributed by atoms with Gasteiger partial charge in [-0.3, -0.25) is 19.7 Å². The van der Waals surface area contributed by atoms with Gasteiger partial charge in [-0.05, 0) is 25.0 Å². The highest BCUT2D eigenvalue weighted by atomic mass is 16.6. The van der Waals surface area contributed by atoms with Crippen LogP contribution in [0.15, 0.2) is 18.2 Å². The summed E-state index contributed by atoms with van der Waals surface area (Å²) in [7, 11) is 0. The molecule has 0 aliphatic carbocycles. The first-order chi connectivity index (χ1) is 10.1. The van der Waals surface area contributed by atoms with Crippen LogP contribution in [0.2, 0.25) is 0 Å². The molecule has 21 heavy (non-hydrogen) atoms. The number of anilines is 1. The molecule has 0 spiro atoms. The van der Waals surface area contributed by atoms with E-state index in [0.717, 1.165) is 19.4 Å². The van der Waals surface area contributed by atoms with Gasteiger partial charge in [-0.25, -0.2) is 0 Å². The summed E-state index contributed by atoms with van der Waals surface area (Å²) in [5, 5.41) is 14.0. The average Bonchev–Trinajstić information content (AvgIpc) is 2.89. The molecule has 1 N–H and O–H groups in total. The maximum Gasteiger partial charge on any atom is 0.293 e. The van der Waals surface area contributed by atoms with Crippen molar-refractivity contribution in [2.24, 2.45) is 0 Å². The zero-order chi connectivity index (χ0) is 15.2. The second-order valence-electron chi connectivity index (χ2n) is 4.92. The maximum atomic E-state index is 11.4. The molecule has 7 heteroatoms. The number of nitrogens with zero attached hydrogens (tertiary/aromatic N) is 2. The first-order valence-electron chi connectivity index (χ1n) is 6.87. The number of rotatable bonds is 7. The molecule has 0 bridgehead atoms. The molecular formula is C14H17N3O4. The van der Waals surface area contributed by atoms with Gasteiger partial charge < -0.3 is 10.2 Å². The van der Waals surface area contributed by atoms with Crippen molar-refractivity contribution in [1.29, 1.82) is 0 Å². The Hall–Kier alpha value is -2.44. The van der Waals surface area contributed by atoms with Gasteiger partial charge in [0.15, 0.2) is 0 Å². The third-order valence-corrected chi connectivity index (χ3v) is 3.45. The van der Waals surface area contributed by atoms with Gasteiger partial charge in [-0.15, -0.1) is 0 Å². The van der Waals surface area contributed by atoms with E-state index >= 15 is 0 Å². The third kappa shape index (κ3) is 3.77. The minimum absolute atomic E-state index is 0.114. The summed E-state index contributed by atoms with van der Waals surface area (Å²) in [4.78, 5) is 34.4. The van der Waals surface area contributed by atoms with Crippen molar-refractivity contribution in [3.63, 3.8) is 0 Å². The van der Waals surface area contributed by atoms with E-state index in [4.69, 9.17) is 0 Å². The number of hydrogen-bond donors (Lipinski definition) is 1. The number of nitro groups is 1. The Bertz CT molecular complexity index is 559. The number of carbonyl (C=O) groups excluding carboxylic acids is 2. The normalized spacial score (nSPS) is 14.3. The van der Waals surface area contributed by atoms with E-state index in [0.29, 0.717) is 31.5 Å². The predicted molar refractivity (Wildman–Crippen MR) is 77.4 cm³/mol. The standard InChI is InChI=1S/C14H17N3O4/c18-10-11-4-5-12(13(9-11)17(20)21)15-6-2-8-16-7-1-3-14(16)19/h4-5,9-10,15H,1-3,6-8H2. The lowest BCUT2D eigenvalue weighted by molar-refractivity contribution is -0.384. The molecule has 0 unspecified atom stereocenters. The molecule has 0 atom stereocenters. The first-order valence-corrected chi connectivity index (χ1v) is 6.87. The number of nitro benzene ring substituents is 1. The van der Waals surface area contributed by atoms with Gasteiger partial charge in [0, 0.05) is 37.7 Å². The maximum absolute atomic E-state index is 11.4. The Labute approximate surface area is 122 Å². The quantitative estimate of drug-likeness (QED) is 0.358. The lowest BCUT2D eigenvalue weighted by Crippen LogP contribution is -2.27. The van der Waals surface area contributed by atoms with E-state index in [-0.39, 0.29) is 17.2 Å². The van der Waals surface area contributed by atoms with E-state index in [1.807, 2.05) is 4.90 Å². The summed E-state index contributed by atoms with van der Waals surface area (Å²) in [6, 6.07) is 4.31. The summed E-state index contributed by atoms with van der Waals surface area (Å²) in [5.74, 6) is 0.177. The highest BCUT2D eigenvalue weighted by Crippen LogP contribution is 2.25. The highest BCUT2D eigenvalue weighted by Gasteiger charge is 2.19. The van der Waals surface area contributed by atoms with Crippen LogP contribution in [0.3, 0.4) is 0 Å². The second kappa shape index (κ2) is 6.83. The monoisotopic (exact) mass is 291 g/mol. The first kappa shape index (κ1) is 15.0. The minimum Gasteiger partial charge on any atom is -0.379 e. The number of aldehydes is 1. The van der Waals surface area contributed by atoms with Crippen molar-refractivity contribution in [3.8, 4) is 0 Å². The van der Waals surface area contributed by atoms with E-state index < -0.39 is 4.92 Å². The van der Waals surface area contributed by atoms with Crippen LogP contribution in [0.4, 0.5) is 11.4 Å². The molecule has 0 aromatic heterocycles. The molecule has 0 radical (unpaired) electrons. The van der Waals surface area contributed by atoms with Crippen LogP contribution < -0.4 is 5.32 Å². The van der Waals surface area contributed by atoms with Crippen molar-refractivity contribution in [1.82, 2.24) is 4.90 Å². The Morgan fingerprint density at radius 2 is 2.24 bits per heavy atom. The lowest BCUT2D eigenvalue weighted by atomic mass is 10.2. The molecule has 1 amide bonds. The van der Waals surface area contributed by atoms with Crippen LogP contribution >= 0.6 is 0 Å². The smallest absolute Gasteiger partial charge is 0.293 e. The molecule has 1 aliphatic heterocycles. The molecule has 7 nitrogen and oxygen atoms in total. The molecule has 112 valence electrons. The molecule has 1 saturated heterocycles. The molecule has 1 fully saturated rings. The van der Waals surface area contributed by atoms with Gasteiger partial charge in [-0.2, -0.15) is 0 Å². The Morgan fingerprint density at radius 1 is 1.43 bits per heavy atom. The van der Waals surface area contributed by atoms with E-state index in [1.165, 1.54) is 18.2 Å². The number of benzene rings is 1. The van der Waals surface area contributed by atoms with Crippen LogP contribution in [0.1, 0.15) is 29.6 Å². The van der Waals surface area contributed by atoms with Gasteiger partial charge >= 0.3 is 0 Å². The number of hydrogen-bond acceptors (Lipinski definition) is 5. The predicted octanol–water partition coefficient (Wildman–Crippen LogP) is 1.83. The molecule has 1 aromatic rings. The SMILES string of the molecule is O=Cc1ccc(NCCCN2CCCC2=O)c([N+](=O)[O-])c1. The minimum atomic E-state index is -0.515. The van der Waals surface area contributed by atoms with Gasteiger partial charge in [0.05, 0.1) is 4.92 Å². The van der Waals surface area contributed by atoms with Gasteiger partial charge in [-0.1, -0.05) is 0 Å². The Kier molecular flexibility index (Phi) is 4.86. The van der Waals surface area contributed by atoms with Gasteiger partial charge in [0.1, 0.15) is 12.0 Å². The average molecular weight is 291 g/mol. The molecule has 2 rings (SSSR count). The van der Waals surface area contributed by atoms with Crippen molar-refractivity contribution < 1.29 is 14.5 Å². The van der Waals surface area contributed by atoms with Crippen molar-refractivity contribution in [2.45, 2.75) is 19.3 Å². The van der Waals surface area contributed by atoms with Gasteiger partial charge in [0.2, 0.25) is 5.91 Å². The molecule has 1 aromatic carbocycles. The van der Waals surface area contributed by atoms with Crippen molar-refractivity contribution in [2.75, 3.05) is 25.0 Å². The van der Waals surface area contributed by atoms with E-state index in [1.54, 1.807) is 0 Å². The zero-order valence-corrected chi connectivity index (χ0v) is 11.6. The van der Waals surface area contributed by atoms with Crippen LogP contribution in [-0.2, 0) is 4.79 Å². The van der Waals surface area contributed by atoms with Crippen molar-refractivity contribution >= 4 is 23.6 Å². The Morgan fingerprint density at radius 3 is 2.86 bits per heavy atom. The fraction of sp³-hybridized carbons (Fsp3) is 0.429. The lowest BCUT2D eigenvalue weighted by Gasteiger charge is -2.15. The summed E-state index contributed by atoms with van der Waals surface area (Å²) in [5.41, 5.74) is 0.546. The number of likely N-dealkylation sites (tertiary alicyclic amines) is 1. The zero-order valence-electron chi connectivity index (χ0n) is 11.6. The topological polar surface area (TPSA) is 92.6 Å².